The third kappa shape index (κ3) is 3.73. The first-order chi connectivity index (χ1) is 16.5. The Morgan fingerprint density at radius 3 is 2.71 bits per heavy atom. The monoisotopic (exact) mass is 458 g/mol. The molecule has 0 radical (unpaired) electrons. The number of para-hydroxylation sites is 2. The zero-order chi connectivity index (χ0) is 23.8. The molecule has 0 saturated carbocycles. The maximum atomic E-state index is 13.6. The Hall–Kier alpha value is -4.33. The van der Waals surface area contributed by atoms with Gasteiger partial charge in [0.15, 0.2) is 11.5 Å². The van der Waals surface area contributed by atoms with Gasteiger partial charge in [0.2, 0.25) is 5.95 Å². The number of phenols is 1. The second-order valence-electron chi connectivity index (χ2n) is 7.98. The van der Waals surface area contributed by atoms with Crippen molar-refractivity contribution in [2.45, 2.75) is 19.9 Å². The van der Waals surface area contributed by atoms with Crippen LogP contribution in [0.5, 0.6) is 11.5 Å². The molecule has 0 fully saturated rings. The Morgan fingerprint density at radius 2 is 1.94 bits per heavy atom. The fraction of sp³-hybridized carbons (Fsp3) is 0.154. The average molecular weight is 458 g/mol. The molecule has 1 amide bonds. The summed E-state index contributed by atoms with van der Waals surface area (Å²) in [6, 6.07) is 17.8. The molecule has 1 aliphatic rings. The maximum Gasteiger partial charge on any atom is 0.255 e. The van der Waals surface area contributed by atoms with E-state index in [1.807, 2.05) is 42.7 Å². The first-order valence-electron chi connectivity index (χ1n) is 10.9. The highest BCUT2D eigenvalue weighted by Crippen LogP contribution is 2.41. The number of fused-ring (bicyclic) bond motifs is 3. The predicted molar refractivity (Wildman–Crippen MR) is 129 cm³/mol. The number of amides is 1. The van der Waals surface area contributed by atoms with Gasteiger partial charge >= 0.3 is 0 Å². The smallest absolute Gasteiger partial charge is 0.255 e. The predicted octanol–water partition coefficient (Wildman–Crippen LogP) is 5.21. The number of halogens is 1. The fourth-order valence-electron chi connectivity index (χ4n) is 4.28. The molecule has 34 heavy (non-hydrogen) atoms. The van der Waals surface area contributed by atoms with Gasteiger partial charge in [-0.25, -0.2) is 9.37 Å². The summed E-state index contributed by atoms with van der Waals surface area (Å²) in [7, 11) is 0. The number of carbonyl (C=O) groups excluding carboxylic acids is 1. The lowest BCUT2D eigenvalue weighted by Crippen LogP contribution is -2.31. The van der Waals surface area contributed by atoms with Crippen LogP contribution in [0.15, 0.2) is 78.0 Å². The van der Waals surface area contributed by atoms with Crippen molar-refractivity contribution < 1.29 is 19.0 Å². The molecule has 0 unspecified atom stereocenters. The quantitative estimate of drug-likeness (QED) is 0.382. The minimum atomic E-state index is -0.552. The van der Waals surface area contributed by atoms with Crippen LogP contribution in [-0.2, 0) is 4.79 Å². The van der Waals surface area contributed by atoms with E-state index in [0.29, 0.717) is 35.3 Å². The fourth-order valence-corrected chi connectivity index (χ4v) is 4.28. The summed E-state index contributed by atoms with van der Waals surface area (Å²) in [6.07, 6.45) is 0. The summed E-state index contributed by atoms with van der Waals surface area (Å²) < 4.78 is 20.9. The zero-order valence-electron chi connectivity index (χ0n) is 18.7. The van der Waals surface area contributed by atoms with Gasteiger partial charge in [0.25, 0.3) is 5.91 Å². The van der Waals surface area contributed by atoms with Gasteiger partial charge in [0.05, 0.1) is 29.3 Å². The first-order valence-corrected chi connectivity index (χ1v) is 10.9. The number of nitrogens with one attached hydrogen (secondary N) is 2. The van der Waals surface area contributed by atoms with E-state index in [2.05, 4.69) is 10.6 Å². The summed E-state index contributed by atoms with van der Waals surface area (Å²) >= 11 is 0. The Labute approximate surface area is 195 Å². The van der Waals surface area contributed by atoms with E-state index < -0.39 is 6.04 Å². The van der Waals surface area contributed by atoms with Gasteiger partial charge in [0, 0.05) is 11.4 Å². The standard InChI is InChI=1S/C26H23FN4O3/c1-3-34-22-14-16(8-13-21(22)32)24-23(25(33)29-18-11-9-17(27)10-12-18)15(2)28-26-30-19-6-4-5-7-20(19)31(24)26/h4-14,24,32H,3H2,1-2H3,(H,28,30)(H,29,33)/t24-/m1/s1. The molecule has 3 aromatic carbocycles. The number of aromatic hydroxyl groups is 1. The summed E-state index contributed by atoms with van der Waals surface area (Å²) in [5, 5.41) is 16.4. The summed E-state index contributed by atoms with van der Waals surface area (Å²) in [4.78, 5) is 18.3. The van der Waals surface area contributed by atoms with Crippen LogP contribution < -0.4 is 15.4 Å². The molecule has 0 saturated heterocycles. The zero-order valence-corrected chi connectivity index (χ0v) is 18.7. The van der Waals surface area contributed by atoms with Crippen molar-refractivity contribution in [2.24, 2.45) is 0 Å². The molecular formula is C26H23FN4O3. The number of anilines is 2. The molecule has 1 aromatic heterocycles. The number of carbonyl (C=O) groups is 1. The largest absolute Gasteiger partial charge is 0.504 e. The van der Waals surface area contributed by atoms with Crippen LogP contribution in [0.4, 0.5) is 16.0 Å². The Bertz CT molecular complexity index is 1430. The normalized spacial score (nSPS) is 15.1. The van der Waals surface area contributed by atoms with Crippen LogP contribution in [0.25, 0.3) is 11.0 Å². The highest BCUT2D eigenvalue weighted by Gasteiger charge is 2.34. The van der Waals surface area contributed by atoms with Crippen molar-refractivity contribution >= 4 is 28.6 Å². The van der Waals surface area contributed by atoms with Crippen molar-refractivity contribution in [3.05, 3.63) is 89.4 Å². The van der Waals surface area contributed by atoms with Crippen molar-refractivity contribution in [3.63, 3.8) is 0 Å². The Kier molecular flexibility index (Phi) is 5.41. The van der Waals surface area contributed by atoms with E-state index in [0.717, 1.165) is 16.6 Å². The molecular weight excluding hydrogens is 435 g/mol. The van der Waals surface area contributed by atoms with E-state index in [9.17, 15) is 14.3 Å². The highest BCUT2D eigenvalue weighted by molar-refractivity contribution is 6.06. The molecule has 0 spiro atoms. The molecule has 172 valence electrons. The van der Waals surface area contributed by atoms with E-state index in [1.165, 1.54) is 24.3 Å². The molecule has 0 bridgehead atoms. The van der Waals surface area contributed by atoms with Gasteiger partial charge in [-0.1, -0.05) is 18.2 Å². The van der Waals surface area contributed by atoms with Gasteiger partial charge in [0.1, 0.15) is 5.82 Å². The molecule has 5 rings (SSSR count). The first kappa shape index (κ1) is 21.5. The number of allylic oxidation sites excluding steroid dienone is 1. The van der Waals surface area contributed by atoms with Crippen LogP contribution in [0.1, 0.15) is 25.5 Å². The second-order valence-corrected chi connectivity index (χ2v) is 7.98. The van der Waals surface area contributed by atoms with Gasteiger partial charge < -0.3 is 20.5 Å². The number of aromatic nitrogens is 2. The molecule has 3 N–H and O–H groups in total. The highest BCUT2D eigenvalue weighted by atomic mass is 19.1. The maximum absolute atomic E-state index is 13.6. The van der Waals surface area contributed by atoms with Gasteiger partial charge in [-0.3, -0.25) is 9.36 Å². The summed E-state index contributed by atoms with van der Waals surface area (Å²) in [6.45, 7) is 4.04. The number of hydrogen-bond donors (Lipinski definition) is 3. The molecule has 7 nitrogen and oxygen atoms in total. The summed E-state index contributed by atoms with van der Waals surface area (Å²) in [5.74, 6) is 0.241. The van der Waals surface area contributed by atoms with Crippen LogP contribution in [0.3, 0.4) is 0 Å². The Balaban J connectivity index is 1.67. The molecule has 2 heterocycles. The number of ether oxygens (including phenoxy) is 1. The molecule has 4 aromatic rings. The van der Waals surface area contributed by atoms with Crippen molar-refractivity contribution in [3.8, 4) is 11.5 Å². The number of phenolic OH excluding ortho intramolecular Hbond substituents is 1. The SMILES string of the molecule is CCOc1cc([C@@H]2C(C(=O)Nc3ccc(F)cc3)=C(C)Nc3nc4ccccc4n32)ccc1O. The van der Waals surface area contributed by atoms with Crippen molar-refractivity contribution in [1.29, 1.82) is 0 Å². The number of imidazole rings is 1. The van der Waals surface area contributed by atoms with E-state index in [-0.39, 0.29) is 17.5 Å². The number of nitrogens with zero attached hydrogens (tertiary/aromatic N) is 2. The van der Waals surface area contributed by atoms with E-state index >= 15 is 0 Å². The number of rotatable bonds is 5. The van der Waals surface area contributed by atoms with Crippen molar-refractivity contribution in [2.75, 3.05) is 17.2 Å². The van der Waals surface area contributed by atoms with Gasteiger partial charge in [-0.05, 0) is 67.9 Å². The lowest BCUT2D eigenvalue weighted by Gasteiger charge is -2.31. The van der Waals surface area contributed by atoms with E-state index in [1.54, 1.807) is 18.2 Å². The van der Waals surface area contributed by atoms with Crippen LogP contribution in [-0.4, -0.2) is 27.2 Å². The van der Waals surface area contributed by atoms with Crippen LogP contribution in [0.2, 0.25) is 0 Å². The molecule has 1 atom stereocenters. The average Bonchev–Trinajstić information content (AvgIpc) is 3.19. The minimum Gasteiger partial charge on any atom is -0.504 e. The van der Waals surface area contributed by atoms with Crippen LogP contribution in [0, 0.1) is 5.82 Å². The van der Waals surface area contributed by atoms with E-state index in [4.69, 9.17) is 9.72 Å². The third-order valence-electron chi connectivity index (χ3n) is 5.78. The topological polar surface area (TPSA) is 88.4 Å². The summed E-state index contributed by atoms with van der Waals surface area (Å²) in [5.41, 5.74) is 3.96. The molecule has 8 heteroatoms. The Morgan fingerprint density at radius 1 is 1.18 bits per heavy atom. The van der Waals surface area contributed by atoms with Crippen molar-refractivity contribution in [1.82, 2.24) is 9.55 Å². The molecule has 0 aliphatic carbocycles. The van der Waals surface area contributed by atoms with Gasteiger partial charge in [-0.2, -0.15) is 0 Å². The lowest BCUT2D eigenvalue weighted by molar-refractivity contribution is -0.113. The lowest BCUT2D eigenvalue weighted by atomic mass is 9.94. The third-order valence-corrected chi connectivity index (χ3v) is 5.78. The second kappa shape index (κ2) is 8.55. The number of hydrogen-bond acceptors (Lipinski definition) is 5. The molecule has 1 aliphatic heterocycles. The van der Waals surface area contributed by atoms with Gasteiger partial charge in [-0.15, -0.1) is 0 Å². The minimum absolute atomic E-state index is 0.0215. The van der Waals surface area contributed by atoms with Crippen LogP contribution >= 0.6 is 0 Å². The number of benzene rings is 3.